The van der Waals surface area contributed by atoms with Gasteiger partial charge < -0.3 is 5.32 Å². The lowest BCUT2D eigenvalue weighted by atomic mass is 10.0. The van der Waals surface area contributed by atoms with E-state index in [1.807, 2.05) is 6.92 Å². The first-order chi connectivity index (χ1) is 10.6. The van der Waals surface area contributed by atoms with Crippen molar-refractivity contribution in [2.45, 2.75) is 64.4 Å². The molecular weight excluding hydrogens is 312 g/mol. The molecule has 5 nitrogen and oxygen atoms in total. The Morgan fingerprint density at radius 2 is 1.57 bits per heavy atom. The van der Waals surface area contributed by atoms with Gasteiger partial charge in [-0.05, 0) is 63.8 Å². The first-order valence-corrected chi connectivity index (χ1v) is 9.53. The molecule has 0 bridgehead atoms. The Bertz CT molecular complexity index is 607. The summed E-state index contributed by atoms with van der Waals surface area (Å²) in [5, 5.41) is 2.94. The summed E-state index contributed by atoms with van der Waals surface area (Å²) in [6.07, 6.45) is 1.98. The summed E-state index contributed by atoms with van der Waals surface area (Å²) in [6, 6.07) is 5.91. The highest BCUT2D eigenvalue weighted by atomic mass is 32.2. The zero-order chi connectivity index (χ0) is 17.6. The van der Waals surface area contributed by atoms with E-state index in [0.717, 1.165) is 12.8 Å². The van der Waals surface area contributed by atoms with Crippen molar-refractivity contribution in [2.24, 2.45) is 5.92 Å². The van der Waals surface area contributed by atoms with Crippen LogP contribution in [0.3, 0.4) is 0 Å². The third-order valence-corrected chi connectivity index (χ3v) is 5.05. The molecule has 0 fully saturated rings. The molecule has 0 aliphatic carbocycles. The standard InChI is InChI=1S/C17H28N2O3S/c1-12(2)6-7-14(5)18-17(20)15-8-10-16(11-9-15)23(21,22)19-13(3)4/h8-14,19H,6-7H2,1-5H3,(H,18,20). The second-order valence-corrected chi connectivity index (χ2v) is 8.36. The largest absolute Gasteiger partial charge is 0.350 e. The summed E-state index contributed by atoms with van der Waals surface area (Å²) in [6.45, 7) is 9.80. The summed E-state index contributed by atoms with van der Waals surface area (Å²) in [5.74, 6) is 0.425. The van der Waals surface area contributed by atoms with Crippen LogP contribution in [0.5, 0.6) is 0 Å². The van der Waals surface area contributed by atoms with E-state index in [-0.39, 0.29) is 22.9 Å². The molecule has 1 rings (SSSR count). The monoisotopic (exact) mass is 340 g/mol. The highest BCUT2D eigenvalue weighted by Gasteiger charge is 2.16. The fourth-order valence-electron chi connectivity index (χ4n) is 2.13. The predicted octanol–water partition coefficient (Wildman–Crippen LogP) is 2.93. The van der Waals surface area contributed by atoms with Crippen molar-refractivity contribution in [3.8, 4) is 0 Å². The molecule has 1 aromatic carbocycles. The minimum Gasteiger partial charge on any atom is -0.350 e. The minimum absolute atomic E-state index is 0.0934. The van der Waals surface area contributed by atoms with Gasteiger partial charge in [-0.1, -0.05) is 13.8 Å². The molecule has 0 heterocycles. The van der Waals surface area contributed by atoms with E-state index < -0.39 is 10.0 Å². The number of nitrogens with one attached hydrogen (secondary N) is 2. The Morgan fingerprint density at radius 1 is 1.00 bits per heavy atom. The average molecular weight is 340 g/mol. The number of carbonyl (C=O) groups is 1. The van der Waals surface area contributed by atoms with Gasteiger partial charge in [-0.2, -0.15) is 0 Å². The Hall–Kier alpha value is -1.40. The molecule has 0 aromatic heterocycles. The van der Waals surface area contributed by atoms with Crippen LogP contribution in [0.2, 0.25) is 0 Å². The highest BCUT2D eigenvalue weighted by Crippen LogP contribution is 2.12. The maximum absolute atomic E-state index is 12.2. The molecule has 0 radical (unpaired) electrons. The van der Waals surface area contributed by atoms with Crippen molar-refractivity contribution in [1.82, 2.24) is 10.0 Å². The second kappa shape index (κ2) is 8.45. The van der Waals surface area contributed by atoms with Crippen LogP contribution in [0.15, 0.2) is 29.2 Å². The molecule has 0 aliphatic heterocycles. The van der Waals surface area contributed by atoms with Gasteiger partial charge in [0.1, 0.15) is 0 Å². The van der Waals surface area contributed by atoms with Crippen LogP contribution in [0.1, 0.15) is 57.8 Å². The van der Waals surface area contributed by atoms with Crippen LogP contribution in [0, 0.1) is 5.92 Å². The Labute approximate surface area is 139 Å². The molecule has 1 amide bonds. The van der Waals surface area contributed by atoms with E-state index in [1.54, 1.807) is 26.0 Å². The van der Waals surface area contributed by atoms with Crippen molar-refractivity contribution in [2.75, 3.05) is 0 Å². The van der Waals surface area contributed by atoms with Gasteiger partial charge in [-0.15, -0.1) is 0 Å². The number of hydrogen-bond acceptors (Lipinski definition) is 3. The molecular formula is C17H28N2O3S. The summed E-state index contributed by atoms with van der Waals surface area (Å²) < 4.78 is 26.6. The van der Waals surface area contributed by atoms with Gasteiger partial charge >= 0.3 is 0 Å². The fraction of sp³-hybridized carbons (Fsp3) is 0.588. The van der Waals surface area contributed by atoms with Gasteiger partial charge in [-0.25, -0.2) is 13.1 Å². The van der Waals surface area contributed by atoms with E-state index in [1.165, 1.54) is 12.1 Å². The van der Waals surface area contributed by atoms with Crippen molar-refractivity contribution in [3.05, 3.63) is 29.8 Å². The first kappa shape index (κ1) is 19.6. The topological polar surface area (TPSA) is 75.3 Å². The van der Waals surface area contributed by atoms with Crippen LogP contribution in [0.4, 0.5) is 0 Å². The van der Waals surface area contributed by atoms with Gasteiger partial charge in [0.05, 0.1) is 4.90 Å². The Morgan fingerprint density at radius 3 is 2.04 bits per heavy atom. The molecule has 0 spiro atoms. The van der Waals surface area contributed by atoms with Gasteiger partial charge in [-0.3, -0.25) is 4.79 Å². The lowest BCUT2D eigenvalue weighted by Crippen LogP contribution is -2.33. The fourth-order valence-corrected chi connectivity index (χ4v) is 3.38. The average Bonchev–Trinajstić information content (AvgIpc) is 2.44. The van der Waals surface area contributed by atoms with Gasteiger partial charge in [0, 0.05) is 17.6 Å². The number of carbonyl (C=O) groups excluding carboxylic acids is 1. The predicted molar refractivity (Wildman–Crippen MR) is 92.9 cm³/mol. The van der Waals surface area contributed by atoms with Crippen LogP contribution >= 0.6 is 0 Å². The molecule has 23 heavy (non-hydrogen) atoms. The number of hydrogen-bond donors (Lipinski definition) is 2. The van der Waals surface area contributed by atoms with Gasteiger partial charge in [0.25, 0.3) is 5.91 Å². The van der Waals surface area contributed by atoms with Crippen LogP contribution in [-0.4, -0.2) is 26.4 Å². The molecule has 130 valence electrons. The summed E-state index contributed by atoms with van der Waals surface area (Å²) >= 11 is 0. The van der Waals surface area contributed by atoms with E-state index in [4.69, 9.17) is 0 Å². The van der Waals surface area contributed by atoms with Crippen molar-refractivity contribution >= 4 is 15.9 Å². The quantitative estimate of drug-likeness (QED) is 0.764. The third kappa shape index (κ3) is 6.71. The lowest BCUT2D eigenvalue weighted by molar-refractivity contribution is 0.0937. The number of benzene rings is 1. The Balaban J connectivity index is 2.71. The normalized spacial score (nSPS) is 13.3. The van der Waals surface area contributed by atoms with Crippen LogP contribution < -0.4 is 10.0 Å². The molecule has 1 aromatic rings. The van der Waals surface area contributed by atoms with Gasteiger partial charge in [0.15, 0.2) is 0 Å². The van der Waals surface area contributed by atoms with E-state index in [0.29, 0.717) is 11.5 Å². The van der Waals surface area contributed by atoms with Crippen molar-refractivity contribution in [3.63, 3.8) is 0 Å². The summed E-state index contributed by atoms with van der Waals surface area (Å²) in [7, 11) is -3.52. The summed E-state index contributed by atoms with van der Waals surface area (Å²) in [4.78, 5) is 12.3. The maximum Gasteiger partial charge on any atom is 0.251 e. The first-order valence-electron chi connectivity index (χ1n) is 8.05. The molecule has 6 heteroatoms. The van der Waals surface area contributed by atoms with Crippen molar-refractivity contribution in [1.29, 1.82) is 0 Å². The number of amides is 1. The van der Waals surface area contributed by atoms with E-state index in [9.17, 15) is 13.2 Å². The van der Waals surface area contributed by atoms with Crippen LogP contribution in [-0.2, 0) is 10.0 Å². The van der Waals surface area contributed by atoms with Crippen molar-refractivity contribution < 1.29 is 13.2 Å². The van der Waals surface area contributed by atoms with E-state index >= 15 is 0 Å². The van der Waals surface area contributed by atoms with Crippen LogP contribution in [0.25, 0.3) is 0 Å². The highest BCUT2D eigenvalue weighted by molar-refractivity contribution is 7.89. The Kier molecular flexibility index (Phi) is 7.22. The molecule has 0 aliphatic rings. The number of sulfonamides is 1. The zero-order valence-electron chi connectivity index (χ0n) is 14.6. The smallest absolute Gasteiger partial charge is 0.251 e. The molecule has 2 N–H and O–H groups in total. The maximum atomic E-state index is 12.2. The molecule has 0 saturated carbocycles. The summed E-state index contributed by atoms with van der Waals surface area (Å²) in [5.41, 5.74) is 0.463. The molecule has 0 saturated heterocycles. The van der Waals surface area contributed by atoms with Gasteiger partial charge in [0.2, 0.25) is 10.0 Å². The zero-order valence-corrected chi connectivity index (χ0v) is 15.4. The SMILES string of the molecule is CC(C)CCC(C)NC(=O)c1ccc(S(=O)(=O)NC(C)C)cc1. The second-order valence-electron chi connectivity index (χ2n) is 6.65. The molecule has 1 unspecified atom stereocenters. The minimum atomic E-state index is -3.52. The molecule has 1 atom stereocenters. The third-order valence-electron chi connectivity index (χ3n) is 3.37. The number of rotatable bonds is 8. The lowest BCUT2D eigenvalue weighted by Gasteiger charge is -2.15. The van der Waals surface area contributed by atoms with E-state index in [2.05, 4.69) is 23.9 Å².